The Kier molecular flexibility index (Phi) is 7.83. The maximum Gasteiger partial charge on any atom is 0.256 e. The Hall–Kier alpha value is -3.06. The van der Waals surface area contributed by atoms with E-state index in [1.807, 2.05) is 66.7 Å². The molecular weight excluding hydrogens is 432 g/mol. The van der Waals surface area contributed by atoms with E-state index in [4.69, 9.17) is 0 Å². The highest BCUT2D eigenvalue weighted by Crippen LogP contribution is 2.26. The first-order valence-corrected chi connectivity index (χ1v) is 12.4. The summed E-state index contributed by atoms with van der Waals surface area (Å²) >= 11 is 1.42. The Bertz CT molecular complexity index is 1080. The Morgan fingerprint density at radius 3 is 2.58 bits per heavy atom. The Morgan fingerprint density at radius 2 is 1.79 bits per heavy atom. The minimum absolute atomic E-state index is 0.115. The summed E-state index contributed by atoms with van der Waals surface area (Å²) in [6.07, 6.45) is 9.30. The van der Waals surface area contributed by atoms with Gasteiger partial charge in [-0.25, -0.2) is 0 Å². The van der Waals surface area contributed by atoms with Crippen LogP contribution < -0.4 is 5.32 Å². The molecule has 1 heterocycles. The molecule has 0 radical (unpaired) electrons. The number of hydrogen-bond acceptors (Lipinski definition) is 4. The van der Waals surface area contributed by atoms with Crippen LogP contribution in [0.2, 0.25) is 0 Å². The molecule has 2 amide bonds. The Labute approximate surface area is 199 Å². The molecule has 0 bridgehead atoms. The lowest BCUT2D eigenvalue weighted by atomic mass is 9.94. The lowest BCUT2D eigenvalue weighted by Crippen LogP contribution is -2.39. The first-order valence-electron chi connectivity index (χ1n) is 11.5. The summed E-state index contributed by atoms with van der Waals surface area (Å²) < 4.78 is 1.80. The lowest BCUT2D eigenvalue weighted by molar-refractivity contribution is -0.129. The first-order chi connectivity index (χ1) is 16.1. The monoisotopic (exact) mass is 462 g/mol. The summed E-state index contributed by atoms with van der Waals surface area (Å²) in [5, 5.41) is 7.29. The van der Waals surface area contributed by atoms with E-state index in [9.17, 15) is 9.59 Å². The van der Waals surface area contributed by atoms with Gasteiger partial charge in [-0.2, -0.15) is 5.10 Å². The van der Waals surface area contributed by atoms with E-state index in [2.05, 4.69) is 10.4 Å². The zero-order chi connectivity index (χ0) is 23.0. The molecule has 33 heavy (non-hydrogen) atoms. The number of carbonyl (C=O) groups excluding carboxylic acids is 2. The number of anilines is 1. The molecule has 1 saturated carbocycles. The van der Waals surface area contributed by atoms with Crippen LogP contribution in [-0.4, -0.2) is 45.3 Å². The van der Waals surface area contributed by atoms with E-state index < -0.39 is 0 Å². The molecule has 6 nitrogen and oxygen atoms in total. The van der Waals surface area contributed by atoms with Crippen molar-refractivity contribution in [3.05, 3.63) is 78.1 Å². The normalized spacial score (nSPS) is 14.1. The van der Waals surface area contributed by atoms with Crippen LogP contribution in [0.3, 0.4) is 0 Å². The fourth-order valence-corrected chi connectivity index (χ4v) is 5.15. The van der Waals surface area contributed by atoms with Crippen LogP contribution >= 0.6 is 11.8 Å². The molecule has 0 spiro atoms. The van der Waals surface area contributed by atoms with Crippen LogP contribution in [0.1, 0.15) is 48.0 Å². The highest BCUT2D eigenvalue weighted by atomic mass is 32.2. The number of rotatable bonds is 8. The van der Waals surface area contributed by atoms with Gasteiger partial charge in [-0.3, -0.25) is 14.3 Å². The van der Waals surface area contributed by atoms with Gasteiger partial charge in [0.2, 0.25) is 5.91 Å². The van der Waals surface area contributed by atoms with Gasteiger partial charge in [-0.1, -0.05) is 61.7 Å². The molecule has 172 valence electrons. The summed E-state index contributed by atoms with van der Waals surface area (Å²) in [6, 6.07) is 17.8. The highest BCUT2D eigenvalue weighted by Gasteiger charge is 2.22. The van der Waals surface area contributed by atoms with Gasteiger partial charge in [-0.15, -0.1) is 11.8 Å². The van der Waals surface area contributed by atoms with Crippen molar-refractivity contribution < 1.29 is 9.59 Å². The number of nitrogens with one attached hydrogen (secondary N) is 1. The molecule has 1 aliphatic rings. The molecule has 3 aromatic rings. The quantitative estimate of drug-likeness (QED) is 0.475. The molecule has 1 N–H and O–H groups in total. The van der Waals surface area contributed by atoms with Crippen molar-refractivity contribution in [1.82, 2.24) is 14.7 Å². The van der Waals surface area contributed by atoms with Crippen molar-refractivity contribution in [2.24, 2.45) is 0 Å². The van der Waals surface area contributed by atoms with Gasteiger partial charge in [0.25, 0.3) is 5.91 Å². The van der Waals surface area contributed by atoms with Crippen LogP contribution in [0.15, 0.2) is 71.9 Å². The molecule has 2 aromatic carbocycles. The lowest BCUT2D eigenvalue weighted by Gasteiger charge is -2.31. The van der Waals surface area contributed by atoms with Crippen molar-refractivity contribution in [1.29, 1.82) is 0 Å². The van der Waals surface area contributed by atoms with Crippen LogP contribution in [-0.2, 0) is 11.3 Å². The second-order valence-electron chi connectivity index (χ2n) is 8.45. The van der Waals surface area contributed by atoms with E-state index >= 15 is 0 Å². The standard InChI is InChI=1S/C26H30N4O2S/c1-29(22-12-6-3-7-13-22)25(31)19-33-24-15-9-8-14-23(24)26(32)28-21-16-27-30(18-21)17-20-10-4-2-5-11-20/h2,4-5,8-11,14-16,18,22H,3,6-7,12-13,17,19H2,1H3,(H,28,32). The van der Waals surface area contributed by atoms with Crippen LogP contribution in [0.5, 0.6) is 0 Å². The minimum Gasteiger partial charge on any atom is -0.342 e. The predicted molar refractivity (Wildman–Crippen MR) is 133 cm³/mol. The summed E-state index contributed by atoms with van der Waals surface area (Å²) in [5.41, 5.74) is 2.35. The van der Waals surface area contributed by atoms with Crippen molar-refractivity contribution >= 4 is 29.3 Å². The predicted octanol–water partition coefficient (Wildman–Crippen LogP) is 5.07. The van der Waals surface area contributed by atoms with Crippen molar-refractivity contribution in [2.45, 2.75) is 49.6 Å². The largest absolute Gasteiger partial charge is 0.342 e. The number of carbonyl (C=O) groups is 2. The molecule has 0 atom stereocenters. The smallest absolute Gasteiger partial charge is 0.256 e. The van der Waals surface area contributed by atoms with E-state index in [0.717, 1.165) is 23.3 Å². The number of amides is 2. The summed E-state index contributed by atoms with van der Waals surface area (Å²) in [7, 11) is 1.91. The average Bonchev–Trinajstić information content (AvgIpc) is 3.29. The number of nitrogens with zero attached hydrogens (tertiary/aromatic N) is 3. The molecular formula is C26H30N4O2S. The first kappa shape index (κ1) is 23.1. The molecule has 4 rings (SSSR count). The van der Waals surface area contributed by atoms with Gasteiger partial charge in [-0.05, 0) is 30.5 Å². The van der Waals surface area contributed by atoms with Crippen molar-refractivity contribution in [3.63, 3.8) is 0 Å². The van der Waals surface area contributed by atoms with E-state index in [-0.39, 0.29) is 11.8 Å². The molecule has 0 unspecified atom stereocenters. The van der Waals surface area contributed by atoms with Gasteiger partial charge in [0.1, 0.15) is 0 Å². The molecule has 0 saturated heterocycles. The zero-order valence-electron chi connectivity index (χ0n) is 18.9. The number of benzene rings is 2. The van der Waals surface area contributed by atoms with Gasteiger partial charge in [0.15, 0.2) is 0 Å². The molecule has 0 aliphatic heterocycles. The van der Waals surface area contributed by atoms with Gasteiger partial charge in [0.05, 0.1) is 29.7 Å². The SMILES string of the molecule is CN(C(=O)CSc1ccccc1C(=O)Nc1cnn(Cc2ccccc2)c1)C1CCCCC1. The Balaban J connectivity index is 1.35. The van der Waals surface area contributed by atoms with Gasteiger partial charge in [0, 0.05) is 24.2 Å². The van der Waals surface area contributed by atoms with E-state index in [1.165, 1.54) is 31.0 Å². The van der Waals surface area contributed by atoms with Gasteiger partial charge >= 0.3 is 0 Å². The van der Waals surface area contributed by atoms with Crippen molar-refractivity contribution in [3.8, 4) is 0 Å². The summed E-state index contributed by atoms with van der Waals surface area (Å²) in [6.45, 7) is 0.639. The third kappa shape index (κ3) is 6.26. The van der Waals surface area contributed by atoms with Crippen molar-refractivity contribution in [2.75, 3.05) is 18.1 Å². The molecule has 1 aromatic heterocycles. The topological polar surface area (TPSA) is 67.2 Å². The molecule has 1 fully saturated rings. The highest BCUT2D eigenvalue weighted by molar-refractivity contribution is 8.00. The summed E-state index contributed by atoms with van der Waals surface area (Å²) in [5.74, 6) is 0.237. The van der Waals surface area contributed by atoms with Crippen LogP contribution in [0, 0.1) is 0 Å². The maximum atomic E-state index is 13.0. The minimum atomic E-state index is -0.203. The third-order valence-electron chi connectivity index (χ3n) is 6.08. The van der Waals surface area contributed by atoms with E-state index in [0.29, 0.717) is 29.6 Å². The van der Waals surface area contributed by atoms with E-state index in [1.54, 1.807) is 16.9 Å². The summed E-state index contributed by atoms with van der Waals surface area (Å²) in [4.78, 5) is 28.4. The van der Waals surface area contributed by atoms with Crippen LogP contribution in [0.4, 0.5) is 5.69 Å². The van der Waals surface area contributed by atoms with Gasteiger partial charge < -0.3 is 10.2 Å². The number of aromatic nitrogens is 2. The second-order valence-corrected chi connectivity index (χ2v) is 9.46. The molecule has 7 heteroatoms. The molecule has 1 aliphatic carbocycles. The fourth-order valence-electron chi connectivity index (χ4n) is 4.18. The zero-order valence-corrected chi connectivity index (χ0v) is 19.8. The number of hydrogen-bond donors (Lipinski definition) is 1. The Morgan fingerprint density at radius 1 is 1.06 bits per heavy atom. The average molecular weight is 463 g/mol. The second kappa shape index (κ2) is 11.2. The number of thioether (sulfide) groups is 1. The van der Waals surface area contributed by atoms with Crippen LogP contribution in [0.25, 0.3) is 0 Å². The fraction of sp³-hybridized carbons (Fsp3) is 0.346. The third-order valence-corrected chi connectivity index (χ3v) is 7.14. The maximum absolute atomic E-state index is 13.0.